The van der Waals surface area contributed by atoms with Gasteiger partial charge in [0.05, 0.1) is 11.7 Å². The van der Waals surface area contributed by atoms with E-state index in [9.17, 15) is 0 Å². The van der Waals surface area contributed by atoms with Crippen LogP contribution in [0.3, 0.4) is 0 Å². The molecule has 0 amide bonds. The van der Waals surface area contributed by atoms with Crippen LogP contribution in [0, 0.1) is 11.3 Å². The zero-order chi connectivity index (χ0) is 15.9. The van der Waals surface area contributed by atoms with E-state index in [1.54, 1.807) is 0 Å². The van der Waals surface area contributed by atoms with E-state index in [1.807, 2.05) is 0 Å². The summed E-state index contributed by atoms with van der Waals surface area (Å²) in [6.07, 6.45) is 7.39. The minimum Gasteiger partial charge on any atom is -0.316 e. The molecule has 0 aliphatic rings. The molecule has 0 saturated carbocycles. The molecule has 3 nitrogen and oxygen atoms in total. The van der Waals surface area contributed by atoms with Gasteiger partial charge in [-0.15, -0.1) is 6.58 Å². The molecule has 1 unspecified atom stereocenters. The van der Waals surface area contributed by atoms with Crippen molar-refractivity contribution in [3.8, 4) is 0 Å². The fourth-order valence-electron chi connectivity index (χ4n) is 2.60. The third-order valence-electron chi connectivity index (χ3n) is 4.14. The summed E-state index contributed by atoms with van der Waals surface area (Å²) in [4.78, 5) is 0. The van der Waals surface area contributed by atoms with Gasteiger partial charge in [0.2, 0.25) is 0 Å². The fraction of sp³-hybridized carbons (Fsp3) is 0.722. The first-order valence-corrected chi connectivity index (χ1v) is 8.32. The summed E-state index contributed by atoms with van der Waals surface area (Å²) < 4.78 is 2.13. The Kier molecular flexibility index (Phi) is 7.16. The molecule has 120 valence electrons. The smallest absolute Gasteiger partial charge is 0.0633 e. The van der Waals surface area contributed by atoms with Gasteiger partial charge in [0.25, 0.3) is 0 Å². The summed E-state index contributed by atoms with van der Waals surface area (Å²) in [5.41, 5.74) is 1.22. The molecule has 0 aliphatic carbocycles. The van der Waals surface area contributed by atoms with Crippen molar-refractivity contribution in [2.24, 2.45) is 11.3 Å². The molecule has 0 saturated heterocycles. The van der Waals surface area contributed by atoms with Gasteiger partial charge >= 0.3 is 0 Å². The highest BCUT2D eigenvalue weighted by molar-refractivity contribution is 5.08. The van der Waals surface area contributed by atoms with E-state index in [0.717, 1.165) is 38.0 Å². The van der Waals surface area contributed by atoms with Crippen molar-refractivity contribution in [3.63, 3.8) is 0 Å². The van der Waals surface area contributed by atoms with Gasteiger partial charge in [0.1, 0.15) is 0 Å². The summed E-state index contributed by atoms with van der Waals surface area (Å²) in [5, 5.41) is 8.31. The number of rotatable bonds is 10. The van der Waals surface area contributed by atoms with Crippen molar-refractivity contribution in [2.45, 2.75) is 59.9 Å². The van der Waals surface area contributed by atoms with Gasteiger partial charge in [-0.3, -0.25) is 4.68 Å². The second-order valence-electron chi connectivity index (χ2n) is 6.82. The van der Waals surface area contributed by atoms with Crippen LogP contribution in [-0.2, 0) is 6.42 Å². The number of hydrogen-bond acceptors (Lipinski definition) is 2. The van der Waals surface area contributed by atoms with Crippen molar-refractivity contribution in [1.82, 2.24) is 15.1 Å². The molecule has 1 heterocycles. The highest BCUT2D eigenvalue weighted by Gasteiger charge is 2.22. The van der Waals surface area contributed by atoms with Crippen molar-refractivity contribution >= 4 is 0 Å². The molecule has 0 spiro atoms. The van der Waals surface area contributed by atoms with Crippen LogP contribution < -0.4 is 5.32 Å². The summed E-state index contributed by atoms with van der Waals surface area (Å²) in [6, 6.07) is 2.68. The topological polar surface area (TPSA) is 29.9 Å². The summed E-state index contributed by atoms with van der Waals surface area (Å²) in [7, 11) is 0. The van der Waals surface area contributed by atoms with Gasteiger partial charge in [-0.25, -0.2) is 0 Å². The van der Waals surface area contributed by atoms with E-state index in [2.05, 4.69) is 69.5 Å². The molecular formula is C18H33N3. The van der Waals surface area contributed by atoms with E-state index in [-0.39, 0.29) is 5.41 Å². The highest BCUT2D eigenvalue weighted by Crippen LogP contribution is 2.23. The van der Waals surface area contributed by atoms with Crippen LogP contribution in [0.2, 0.25) is 0 Å². The van der Waals surface area contributed by atoms with E-state index < -0.39 is 0 Å². The molecule has 1 aromatic heterocycles. The maximum Gasteiger partial charge on any atom is 0.0633 e. The molecule has 1 rings (SSSR count). The second-order valence-corrected chi connectivity index (χ2v) is 6.82. The molecule has 1 atom stereocenters. The first-order valence-electron chi connectivity index (χ1n) is 8.32. The number of nitrogens with zero attached hydrogens (tertiary/aromatic N) is 2. The SMILES string of the molecule is C=CC(C)(CNCC(C)C)Cc1ccn(C(CC)CC)n1. The largest absolute Gasteiger partial charge is 0.316 e. The minimum absolute atomic E-state index is 0.0575. The normalized spacial score (nSPS) is 14.6. The van der Waals surface area contributed by atoms with Crippen molar-refractivity contribution in [3.05, 3.63) is 30.6 Å². The first-order chi connectivity index (χ1) is 9.94. The van der Waals surface area contributed by atoms with Crippen LogP contribution in [-0.4, -0.2) is 22.9 Å². The van der Waals surface area contributed by atoms with Crippen LogP contribution in [0.25, 0.3) is 0 Å². The Balaban J connectivity index is 2.66. The average molecular weight is 291 g/mol. The second kappa shape index (κ2) is 8.38. The quantitative estimate of drug-likeness (QED) is 0.654. The molecule has 0 radical (unpaired) electrons. The summed E-state index contributed by atoms with van der Waals surface area (Å²) in [6.45, 7) is 17.2. The molecule has 1 aromatic rings. The molecule has 1 N–H and O–H groups in total. The lowest BCUT2D eigenvalue weighted by Crippen LogP contribution is -2.34. The minimum atomic E-state index is 0.0575. The number of nitrogens with one attached hydrogen (secondary N) is 1. The zero-order valence-corrected chi connectivity index (χ0v) is 14.5. The third-order valence-corrected chi connectivity index (χ3v) is 4.14. The molecular weight excluding hydrogens is 258 g/mol. The molecule has 0 bridgehead atoms. The molecule has 0 fully saturated rings. The lowest BCUT2D eigenvalue weighted by Gasteiger charge is -2.26. The predicted octanol–water partition coefficient (Wildman–Crippen LogP) is 4.22. The van der Waals surface area contributed by atoms with Gasteiger partial charge in [0.15, 0.2) is 0 Å². The number of hydrogen-bond donors (Lipinski definition) is 1. The van der Waals surface area contributed by atoms with E-state index in [0.29, 0.717) is 12.0 Å². The van der Waals surface area contributed by atoms with Crippen LogP contribution in [0.15, 0.2) is 24.9 Å². The Hall–Kier alpha value is -1.09. The van der Waals surface area contributed by atoms with Gasteiger partial charge in [-0.1, -0.05) is 40.7 Å². The van der Waals surface area contributed by atoms with E-state index in [4.69, 9.17) is 5.10 Å². The van der Waals surface area contributed by atoms with Gasteiger partial charge < -0.3 is 5.32 Å². The van der Waals surface area contributed by atoms with Gasteiger partial charge in [-0.05, 0) is 31.4 Å². The Morgan fingerprint density at radius 2 is 2.05 bits per heavy atom. The van der Waals surface area contributed by atoms with E-state index in [1.165, 1.54) is 0 Å². The van der Waals surface area contributed by atoms with Crippen molar-refractivity contribution < 1.29 is 0 Å². The van der Waals surface area contributed by atoms with Crippen molar-refractivity contribution in [1.29, 1.82) is 0 Å². The monoisotopic (exact) mass is 291 g/mol. The molecule has 0 aliphatic heterocycles. The Labute approximate surface area is 130 Å². The zero-order valence-electron chi connectivity index (χ0n) is 14.5. The van der Waals surface area contributed by atoms with Crippen molar-refractivity contribution in [2.75, 3.05) is 13.1 Å². The van der Waals surface area contributed by atoms with Crippen LogP contribution in [0.4, 0.5) is 0 Å². The maximum atomic E-state index is 4.77. The molecule has 3 heteroatoms. The Morgan fingerprint density at radius 1 is 1.38 bits per heavy atom. The molecule has 21 heavy (non-hydrogen) atoms. The highest BCUT2D eigenvalue weighted by atomic mass is 15.3. The lowest BCUT2D eigenvalue weighted by molar-refractivity contribution is 0.368. The average Bonchev–Trinajstić information content (AvgIpc) is 2.88. The lowest BCUT2D eigenvalue weighted by atomic mass is 9.85. The Morgan fingerprint density at radius 3 is 2.57 bits per heavy atom. The Bertz CT molecular complexity index is 418. The van der Waals surface area contributed by atoms with E-state index >= 15 is 0 Å². The van der Waals surface area contributed by atoms with Crippen LogP contribution >= 0.6 is 0 Å². The standard InChI is InChI=1S/C18H33N3/c1-7-17(8-2)21-11-10-16(20-21)12-18(6,9-3)14-19-13-15(4)5/h9-11,15,17,19H,3,7-8,12-14H2,1-2,4-6H3. The fourth-order valence-corrected chi connectivity index (χ4v) is 2.60. The van der Waals surface area contributed by atoms with Gasteiger partial charge in [0, 0.05) is 24.6 Å². The summed E-state index contributed by atoms with van der Waals surface area (Å²) >= 11 is 0. The van der Waals surface area contributed by atoms with Crippen LogP contribution in [0.1, 0.15) is 59.2 Å². The van der Waals surface area contributed by atoms with Gasteiger partial charge in [-0.2, -0.15) is 5.10 Å². The number of aromatic nitrogens is 2. The summed E-state index contributed by atoms with van der Waals surface area (Å²) in [5.74, 6) is 0.674. The maximum absolute atomic E-state index is 4.77. The van der Waals surface area contributed by atoms with Crippen LogP contribution in [0.5, 0.6) is 0 Å². The first kappa shape index (κ1) is 18.0. The molecule has 0 aromatic carbocycles. The predicted molar refractivity (Wildman–Crippen MR) is 91.6 cm³/mol. The third kappa shape index (κ3) is 5.66.